The minimum Gasteiger partial charge on any atom is -0.482 e. The fraction of sp³-hybridized carbons (Fsp3) is 0.333. The van der Waals surface area contributed by atoms with E-state index >= 15 is 0 Å². The summed E-state index contributed by atoms with van der Waals surface area (Å²) < 4.78 is 23.2. The van der Waals surface area contributed by atoms with Gasteiger partial charge in [-0.1, -0.05) is 30.0 Å². The van der Waals surface area contributed by atoms with Crippen LogP contribution >= 0.6 is 24.0 Å². The molecule has 0 aliphatic carbocycles. The number of nitrogens with one attached hydrogen (secondary N) is 1. The summed E-state index contributed by atoms with van der Waals surface area (Å²) in [6.45, 7) is -0.446. The molecule has 1 heterocycles. The number of hydrogen-bond donors (Lipinski definition) is 1. The molecule has 7 nitrogen and oxygen atoms in total. The van der Waals surface area contributed by atoms with Crippen molar-refractivity contribution in [1.29, 1.82) is 0 Å². The van der Waals surface area contributed by atoms with Crippen molar-refractivity contribution in [2.45, 2.75) is 0 Å². The molecule has 1 aliphatic heterocycles. The quantitative estimate of drug-likeness (QED) is 0.521. The first-order valence-corrected chi connectivity index (χ1v) is 8.63. The molecule has 0 aromatic heterocycles. The van der Waals surface area contributed by atoms with Gasteiger partial charge in [-0.3, -0.25) is 14.5 Å². The molecule has 0 radical (unpaired) electrons. The first-order chi connectivity index (χ1) is 12.0. The standard InChI is InChI=1S/C15H15FN2O5S2/c16-10-2-1-3-11(6-10)22-8-14(21)23-7-12(19)17-4-5-18-13(20)9-25-15(18)24/h1-3,6H,4-5,7-9H2,(H,17,19). The highest BCUT2D eigenvalue weighted by Gasteiger charge is 2.25. The predicted molar refractivity (Wildman–Crippen MR) is 92.6 cm³/mol. The van der Waals surface area contributed by atoms with Gasteiger partial charge in [-0.25, -0.2) is 9.18 Å². The van der Waals surface area contributed by atoms with E-state index in [4.69, 9.17) is 21.7 Å². The fourth-order valence-corrected chi connectivity index (χ4v) is 2.96. The van der Waals surface area contributed by atoms with E-state index in [1.54, 1.807) is 0 Å². The van der Waals surface area contributed by atoms with E-state index in [-0.39, 0.29) is 24.7 Å². The summed E-state index contributed by atoms with van der Waals surface area (Å²) in [7, 11) is 0. The number of thiocarbonyl (C=S) groups is 1. The Morgan fingerprint density at radius 1 is 1.36 bits per heavy atom. The van der Waals surface area contributed by atoms with Crippen molar-refractivity contribution < 1.29 is 28.2 Å². The van der Waals surface area contributed by atoms with Crippen LogP contribution in [0.3, 0.4) is 0 Å². The average molecular weight is 386 g/mol. The van der Waals surface area contributed by atoms with E-state index in [2.05, 4.69) is 5.32 Å². The van der Waals surface area contributed by atoms with E-state index < -0.39 is 30.9 Å². The van der Waals surface area contributed by atoms with Gasteiger partial charge in [0.15, 0.2) is 13.2 Å². The van der Waals surface area contributed by atoms with Gasteiger partial charge < -0.3 is 14.8 Å². The zero-order valence-electron chi connectivity index (χ0n) is 13.0. The molecule has 0 bridgehead atoms. The van der Waals surface area contributed by atoms with Gasteiger partial charge in [0.1, 0.15) is 15.9 Å². The van der Waals surface area contributed by atoms with Crippen molar-refractivity contribution in [1.82, 2.24) is 10.2 Å². The molecule has 0 unspecified atom stereocenters. The maximum Gasteiger partial charge on any atom is 0.344 e. The van der Waals surface area contributed by atoms with Crippen LogP contribution in [0.2, 0.25) is 0 Å². The maximum atomic E-state index is 12.9. The first kappa shape index (κ1) is 19.1. The lowest BCUT2D eigenvalue weighted by atomic mass is 10.3. The second-order valence-electron chi connectivity index (χ2n) is 4.86. The summed E-state index contributed by atoms with van der Waals surface area (Å²) >= 11 is 6.29. The third kappa shape index (κ3) is 6.31. The number of carbonyl (C=O) groups is 3. The molecule has 2 rings (SSSR count). The van der Waals surface area contributed by atoms with Crippen LogP contribution in [0, 0.1) is 5.82 Å². The highest BCUT2D eigenvalue weighted by Crippen LogP contribution is 2.18. The summed E-state index contributed by atoms with van der Waals surface area (Å²) in [5.74, 6) is -1.35. The average Bonchev–Trinajstić information content (AvgIpc) is 2.90. The van der Waals surface area contributed by atoms with Crippen LogP contribution < -0.4 is 10.1 Å². The van der Waals surface area contributed by atoms with Gasteiger partial charge in [-0.05, 0) is 12.1 Å². The van der Waals surface area contributed by atoms with E-state index in [0.717, 1.165) is 6.07 Å². The number of esters is 1. The molecule has 0 atom stereocenters. The first-order valence-electron chi connectivity index (χ1n) is 7.23. The van der Waals surface area contributed by atoms with Gasteiger partial charge in [-0.15, -0.1) is 0 Å². The van der Waals surface area contributed by atoms with Crippen molar-refractivity contribution in [2.75, 3.05) is 32.1 Å². The molecule has 1 aromatic carbocycles. The Balaban J connectivity index is 1.60. The molecule has 1 N–H and O–H groups in total. The topological polar surface area (TPSA) is 84.9 Å². The summed E-state index contributed by atoms with van der Waals surface area (Å²) in [5, 5.41) is 2.52. The van der Waals surface area contributed by atoms with Gasteiger partial charge in [-0.2, -0.15) is 0 Å². The van der Waals surface area contributed by atoms with Crippen LogP contribution in [0.15, 0.2) is 24.3 Å². The molecule has 10 heteroatoms. The van der Waals surface area contributed by atoms with Crippen LogP contribution in [0.4, 0.5) is 4.39 Å². The van der Waals surface area contributed by atoms with E-state index in [0.29, 0.717) is 10.1 Å². The normalized spacial score (nSPS) is 13.7. The molecule has 1 fully saturated rings. The smallest absolute Gasteiger partial charge is 0.344 e. The van der Waals surface area contributed by atoms with E-state index in [9.17, 15) is 18.8 Å². The second-order valence-corrected chi connectivity index (χ2v) is 6.47. The Kier molecular flexibility index (Phi) is 7.14. The van der Waals surface area contributed by atoms with Crippen LogP contribution in [-0.4, -0.2) is 59.1 Å². The van der Waals surface area contributed by atoms with Crippen LogP contribution in [-0.2, 0) is 19.1 Å². The van der Waals surface area contributed by atoms with Gasteiger partial charge in [0.2, 0.25) is 5.91 Å². The van der Waals surface area contributed by atoms with Gasteiger partial charge in [0.25, 0.3) is 5.91 Å². The van der Waals surface area contributed by atoms with Crippen molar-refractivity contribution in [2.24, 2.45) is 0 Å². The summed E-state index contributed by atoms with van der Waals surface area (Å²) in [6, 6.07) is 5.31. The molecule has 25 heavy (non-hydrogen) atoms. The van der Waals surface area contributed by atoms with E-state index in [1.807, 2.05) is 0 Å². The Labute approximate surface area is 152 Å². The van der Waals surface area contributed by atoms with Gasteiger partial charge >= 0.3 is 5.97 Å². The SMILES string of the molecule is O=C(COC(=O)COc1cccc(F)c1)NCCN1C(=O)CSC1=S. The zero-order valence-corrected chi connectivity index (χ0v) is 14.7. The predicted octanol–water partition coefficient (Wildman–Crippen LogP) is 0.724. The number of hydrogen-bond acceptors (Lipinski definition) is 7. The van der Waals surface area contributed by atoms with Crippen LogP contribution in [0.1, 0.15) is 0 Å². The lowest BCUT2D eigenvalue weighted by molar-refractivity contribution is -0.150. The minimum absolute atomic E-state index is 0.0924. The zero-order chi connectivity index (χ0) is 18.2. The Morgan fingerprint density at radius 2 is 2.16 bits per heavy atom. The fourth-order valence-electron chi connectivity index (χ4n) is 1.84. The number of ether oxygens (including phenoxy) is 2. The van der Waals surface area contributed by atoms with Crippen molar-refractivity contribution in [3.8, 4) is 5.75 Å². The Bertz CT molecular complexity index is 670. The highest BCUT2D eigenvalue weighted by atomic mass is 32.2. The lowest BCUT2D eigenvalue weighted by Crippen LogP contribution is -2.38. The van der Waals surface area contributed by atoms with Crippen LogP contribution in [0.5, 0.6) is 5.75 Å². The summed E-state index contributed by atoms with van der Waals surface area (Å²) in [5.41, 5.74) is 0. The maximum absolute atomic E-state index is 12.9. The highest BCUT2D eigenvalue weighted by molar-refractivity contribution is 8.23. The number of nitrogens with zero attached hydrogens (tertiary/aromatic N) is 1. The molecular formula is C15H15FN2O5S2. The molecule has 1 aliphatic rings. The van der Waals surface area contributed by atoms with Crippen molar-refractivity contribution >= 4 is 46.1 Å². The third-order valence-corrected chi connectivity index (χ3v) is 4.45. The summed E-state index contributed by atoms with van der Waals surface area (Å²) in [4.78, 5) is 36.0. The van der Waals surface area contributed by atoms with Crippen molar-refractivity contribution in [3.63, 3.8) is 0 Å². The number of rotatable bonds is 8. The number of carbonyl (C=O) groups excluding carboxylic acids is 3. The molecule has 1 saturated heterocycles. The molecular weight excluding hydrogens is 371 g/mol. The van der Waals surface area contributed by atoms with Gasteiger partial charge in [0.05, 0.1) is 5.75 Å². The van der Waals surface area contributed by atoms with Gasteiger partial charge in [0, 0.05) is 19.2 Å². The Morgan fingerprint density at radius 3 is 2.84 bits per heavy atom. The lowest BCUT2D eigenvalue weighted by Gasteiger charge is -2.15. The van der Waals surface area contributed by atoms with Crippen molar-refractivity contribution in [3.05, 3.63) is 30.1 Å². The largest absolute Gasteiger partial charge is 0.482 e. The number of thioether (sulfide) groups is 1. The number of halogens is 1. The van der Waals surface area contributed by atoms with E-state index in [1.165, 1.54) is 34.9 Å². The molecule has 1 aromatic rings. The molecule has 0 saturated carbocycles. The number of amides is 2. The third-order valence-electron chi connectivity index (χ3n) is 3.02. The number of benzene rings is 1. The molecule has 134 valence electrons. The Hall–Kier alpha value is -2.20. The summed E-state index contributed by atoms with van der Waals surface area (Å²) in [6.07, 6.45) is 0. The minimum atomic E-state index is -0.758. The molecule has 2 amide bonds. The second kappa shape index (κ2) is 9.33. The monoisotopic (exact) mass is 386 g/mol. The van der Waals surface area contributed by atoms with Crippen LogP contribution in [0.25, 0.3) is 0 Å². The molecule has 0 spiro atoms.